The van der Waals surface area contributed by atoms with Gasteiger partial charge in [-0.15, -0.1) is 24.8 Å². The van der Waals surface area contributed by atoms with Crippen molar-refractivity contribution in [1.82, 2.24) is 10.2 Å². The minimum Gasteiger partial charge on any atom is -0.478 e. The van der Waals surface area contributed by atoms with Crippen LogP contribution >= 0.6 is 24.8 Å². The van der Waals surface area contributed by atoms with Gasteiger partial charge < -0.3 is 15.2 Å². The van der Waals surface area contributed by atoms with Gasteiger partial charge in [0.2, 0.25) is 6.23 Å². The molecule has 7 heteroatoms. The van der Waals surface area contributed by atoms with E-state index in [9.17, 15) is 4.79 Å². The van der Waals surface area contributed by atoms with Gasteiger partial charge in [0, 0.05) is 32.8 Å². The molecule has 5 nitrogen and oxygen atoms in total. The lowest BCUT2D eigenvalue weighted by molar-refractivity contribution is -0.165. The van der Waals surface area contributed by atoms with Gasteiger partial charge in [-0.3, -0.25) is 4.90 Å². The molecule has 2 N–H and O–H groups in total. The molecule has 92 valence electrons. The number of aliphatic carboxylic acids is 1. The Labute approximate surface area is 102 Å². The highest BCUT2D eigenvalue weighted by molar-refractivity contribution is 5.85. The Bertz CT molecular complexity index is 177. The molecule has 1 heterocycles. The van der Waals surface area contributed by atoms with Gasteiger partial charge >= 0.3 is 5.97 Å². The van der Waals surface area contributed by atoms with Crippen LogP contribution in [0.25, 0.3) is 0 Å². The molecule has 0 saturated carbocycles. The summed E-state index contributed by atoms with van der Waals surface area (Å²) in [6.45, 7) is 5.36. The summed E-state index contributed by atoms with van der Waals surface area (Å²) in [7, 11) is 0. The second kappa shape index (κ2) is 9.18. The van der Waals surface area contributed by atoms with E-state index in [0.29, 0.717) is 6.61 Å². The lowest BCUT2D eigenvalue weighted by Crippen LogP contribution is -2.52. The van der Waals surface area contributed by atoms with Gasteiger partial charge in [-0.2, -0.15) is 0 Å². The van der Waals surface area contributed by atoms with Crippen LogP contribution in [0, 0.1) is 0 Å². The Morgan fingerprint density at radius 1 is 1.47 bits per heavy atom. The summed E-state index contributed by atoms with van der Waals surface area (Å²) in [5.74, 6) is -0.899. The molecule has 0 aromatic heterocycles. The first-order chi connectivity index (χ1) is 6.25. The second-order valence-corrected chi connectivity index (χ2v) is 2.93. The molecule has 1 atom stereocenters. The Morgan fingerprint density at radius 3 is 2.40 bits per heavy atom. The maximum absolute atomic E-state index is 10.8. The van der Waals surface area contributed by atoms with Crippen LogP contribution in [0.2, 0.25) is 0 Å². The van der Waals surface area contributed by atoms with Crippen molar-refractivity contribution >= 4 is 30.8 Å². The summed E-state index contributed by atoms with van der Waals surface area (Å²) < 4.78 is 5.14. The number of piperazine rings is 1. The molecule has 0 radical (unpaired) electrons. The van der Waals surface area contributed by atoms with Gasteiger partial charge in [0.15, 0.2) is 0 Å². The van der Waals surface area contributed by atoms with Gasteiger partial charge in [-0.05, 0) is 6.92 Å². The van der Waals surface area contributed by atoms with Crippen molar-refractivity contribution in [3.63, 3.8) is 0 Å². The molecule has 1 saturated heterocycles. The van der Waals surface area contributed by atoms with Crippen LogP contribution in [0.4, 0.5) is 0 Å². The number of carboxylic acids is 1. The summed E-state index contributed by atoms with van der Waals surface area (Å²) in [6.07, 6.45) is -0.771. The van der Waals surface area contributed by atoms with E-state index in [1.165, 1.54) is 0 Å². The fourth-order valence-electron chi connectivity index (χ4n) is 1.41. The number of nitrogens with one attached hydrogen (secondary N) is 1. The maximum atomic E-state index is 10.8. The molecule has 0 bridgehead atoms. The average Bonchev–Trinajstić information content (AvgIpc) is 2.15. The summed E-state index contributed by atoms with van der Waals surface area (Å²) in [5.41, 5.74) is 0. The first-order valence-electron chi connectivity index (χ1n) is 4.55. The van der Waals surface area contributed by atoms with Crippen LogP contribution < -0.4 is 5.32 Å². The van der Waals surface area contributed by atoms with Crippen molar-refractivity contribution in [2.45, 2.75) is 13.2 Å². The number of rotatable bonds is 4. The molecule has 15 heavy (non-hydrogen) atoms. The fraction of sp³-hybridized carbons (Fsp3) is 0.875. The largest absolute Gasteiger partial charge is 0.478 e. The number of carboxylic acid groups (broad SMARTS) is 1. The third-order valence-electron chi connectivity index (χ3n) is 2.02. The first-order valence-corrected chi connectivity index (χ1v) is 4.55. The molecular formula is C8H18Cl2N2O3. The van der Waals surface area contributed by atoms with E-state index < -0.39 is 12.2 Å². The minimum absolute atomic E-state index is 0. The molecule has 1 aliphatic rings. The highest BCUT2D eigenvalue weighted by atomic mass is 35.5. The van der Waals surface area contributed by atoms with Crippen LogP contribution in [0.1, 0.15) is 6.92 Å². The van der Waals surface area contributed by atoms with Gasteiger partial charge in [0.1, 0.15) is 0 Å². The van der Waals surface area contributed by atoms with Crippen molar-refractivity contribution in [2.24, 2.45) is 0 Å². The number of hydrogen-bond acceptors (Lipinski definition) is 4. The smallest absolute Gasteiger partial charge is 0.348 e. The van der Waals surface area contributed by atoms with Crippen molar-refractivity contribution in [3.05, 3.63) is 0 Å². The van der Waals surface area contributed by atoms with Crippen molar-refractivity contribution in [3.8, 4) is 0 Å². The van der Waals surface area contributed by atoms with Crippen molar-refractivity contribution in [1.29, 1.82) is 0 Å². The quantitative estimate of drug-likeness (QED) is 0.756. The van der Waals surface area contributed by atoms with Gasteiger partial charge in [0.05, 0.1) is 0 Å². The van der Waals surface area contributed by atoms with Crippen molar-refractivity contribution < 1.29 is 14.6 Å². The standard InChI is InChI=1S/C8H16N2O3.2ClH/c1-2-13-7(8(11)12)10-5-3-9-4-6-10;;/h7,9H,2-6H2,1H3,(H,11,12);2*1H. The zero-order valence-electron chi connectivity index (χ0n) is 8.64. The molecule has 0 aromatic rings. The molecular weight excluding hydrogens is 243 g/mol. The molecule has 1 fully saturated rings. The van der Waals surface area contributed by atoms with E-state index in [2.05, 4.69) is 5.32 Å². The fourth-order valence-corrected chi connectivity index (χ4v) is 1.41. The van der Waals surface area contributed by atoms with Crippen LogP contribution in [0.3, 0.4) is 0 Å². The Hall–Kier alpha value is -0.0700. The van der Waals surface area contributed by atoms with E-state index >= 15 is 0 Å². The average molecular weight is 261 g/mol. The summed E-state index contributed by atoms with van der Waals surface area (Å²) >= 11 is 0. The summed E-state index contributed by atoms with van der Waals surface area (Å²) in [4.78, 5) is 12.6. The van der Waals surface area contributed by atoms with Crippen LogP contribution in [0.15, 0.2) is 0 Å². The Balaban J connectivity index is 0. The Morgan fingerprint density at radius 2 is 2.00 bits per heavy atom. The first kappa shape index (κ1) is 17.3. The molecule has 0 aromatic carbocycles. The Kier molecular flexibility index (Phi) is 10.6. The number of hydrogen-bond donors (Lipinski definition) is 2. The number of carbonyl (C=O) groups is 1. The lowest BCUT2D eigenvalue weighted by Gasteiger charge is -2.31. The van der Waals surface area contributed by atoms with Gasteiger partial charge in [-0.25, -0.2) is 4.79 Å². The SMILES string of the molecule is CCOC(C(=O)O)N1CCNCC1.Cl.Cl. The zero-order chi connectivity index (χ0) is 9.68. The third-order valence-corrected chi connectivity index (χ3v) is 2.02. The van der Waals surface area contributed by atoms with Crippen LogP contribution in [0.5, 0.6) is 0 Å². The summed E-state index contributed by atoms with van der Waals surface area (Å²) in [5, 5.41) is 12.0. The van der Waals surface area contributed by atoms with E-state index in [0.717, 1.165) is 26.2 Å². The van der Waals surface area contributed by atoms with E-state index in [1.54, 1.807) is 6.92 Å². The predicted octanol–water partition coefficient (Wildman–Crippen LogP) is 0.182. The minimum atomic E-state index is -0.899. The molecule has 0 amide bonds. The molecule has 0 spiro atoms. The predicted molar refractivity (Wildman–Crippen MR) is 62.0 cm³/mol. The van der Waals surface area contributed by atoms with Crippen molar-refractivity contribution in [2.75, 3.05) is 32.8 Å². The molecule has 0 aliphatic carbocycles. The normalized spacial score (nSPS) is 18.5. The second-order valence-electron chi connectivity index (χ2n) is 2.93. The van der Waals surface area contributed by atoms with Gasteiger partial charge in [0.25, 0.3) is 0 Å². The number of nitrogens with zero attached hydrogens (tertiary/aromatic N) is 1. The number of ether oxygens (including phenoxy) is 1. The molecule has 1 aliphatic heterocycles. The number of halogens is 2. The monoisotopic (exact) mass is 260 g/mol. The van der Waals surface area contributed by atoms with Crippen LogP contribution in [-0.2, 0) is 9.53 Å². The molecule has 1 rings (SSSR count). The zero-order valence-corrected chi connectivity index (χ0v) is 10.3. The van der Waals surface area contributed by atoms with E-state index in [1.807, 2.05) is 4.90 Å². The highest BCUT2D eigenvalue weighted by Crippen LogP contribution is 2.03. The topological polar surface area (TPSA) is 61.8 Å². The van der Waals surface area contributed by atoms with E-state index in [4.69, 9.17) is 9.84 Å². The third kappa shape index (κ3) is 5.53. The lowest BCUT2D eigenvalue weighted by atomic mass is 10.3. The van der Waals surface area contributed by atoms with E-state index in [-0.39, 0.29) is 24.8 Å². The highest BCUT2D eigenvalue weighted by Gasteiger charge is 2.26. The maximum Gasteiger partial charge on any atom is 0.348 e. The van der Waals surface area contributed by atoms with Gasteiger partial charge in [-0.1, -0.05) is 0 Å². The summed E-state index contributed by atoms with van der Waals surface area (Å²) in [6, 6.07) is 0. The molecule has 1 unspecified atom stereocenters. The van der Waals surface area contributed by atoms with Crippen LogP contribution in [-0.4, -0.2) is 55.0 Å².